The average Bonchev–Trinajstić information content (AvgIpc) is 2.39. The van der Waals surface area contributed by atoms with Crippen LogP contribution in [0.25, 0.3) is 0 Å². The molecule has 0 atom stereocenters. The van der Waals surface area contributed by atoms with E-state index in [0.29, 0.717) is 18.6 Å². The zero-order valence-corrected chi connectivity index (χ0v) is 12.5. The summed E-state index contributed by atoms with van der Waals surface area (Å²) in [6.45, 7) is 1.93. The minimum absolute atomic E-state index is 0.316. The predicted octanol–water partition coefficient (Wildman–Crippen LogP) is 4.73. The van der Waals surface area contributed by atoms with E-state index in [1.54, 1.807) is 0 Å². The Kier molecular flexibility index (Phi) is 13.0. The summed E-state index contributed by atoms with van der Waals surface area (Å²) in [7, 11) is 0. The summed E-state index contributed by atoms with van der Waals surface area (Å²) in [5.41, 5.74) is 0. The first-order valence-electron chi connectivity index (χ1n) is 7.90. The largest absolute Gasteiger partial charge is 0.481 e. The molecule has 0 aromatic rings. The number of Topliss-reactive ketones (excluding diaryl/α,β-unsaturated/α-hetero) is 1. The van der Waals surface area contributed by atoms with Crippen molar-refractivity contribution < 1.29 is 14.7 Å². The Balaban J connectivity index is 3.03. The molecule has 3 heteroatoms. The molecule has 0 heterocycles. The fraction of sp³-hybridized carbons (Fsp3) is 0.875. The van der Waals surface area contributed by atoms with Crippen LogP contribution in [0.4, 0.5) is 0 Å². The Labute approximate surface area is 117 Å². The molecule has 0 saturated carbocycles. The molecular weight excluding hydrogens is 240 g/mol. The second-order valence-corrected chi connectivity index (χ2v) is 5.32. The highest BCUT2D eigenvalue weighted by molar-refractivity contribution is 5.77. The zero-order chi connectivity index (χ0) is 14.3. The van der Waals surface area contributed by atoms with Gasteiger partial charge in [-0.1, -0.05) is 58.3 Å². The lowest BCUT2D eigenvalue weighted by Gasteiger charge is -2.02. The van der Waals surface area contributed by atoms with Gasteiger partial charge in [-0.3, -0.25) is 9.59 Å². The smallest absolute Gasteiger partial charge is 0.303 e. The standard InChI is InChI=1S/C16H30O3/c1-2-15(17)13-11-9-7-5-3-4-6-8-10-12-14-16(18)19/h2-14H2,1H3,(H,18,19). The highest BCUT2D eigenvalue weighted by Crippen LogP contribution is 2.12. The maximum Gasteiger partial charge on any atom is 0.303 e. The molecule has 0 aromatic heterocycles. The van der Waals surface area contributed by atoms with Crippen molar-refractivity contribution in [2.45, 2.75) is 90.4 Å². The van der Waals surface area contributed by atoms with Crippen molar-refractivity contribution in [1.29, 1.82) is 0 Å². The van der Waals surface area contributed by atoms with E-state index < -0.39 is 5.97 Å². The van der Waals surface area contributed by atoms with Crippen LogP contribution in [0.1, 0.15) is 90.4 Å². The van der Waals surface area contributed by atoms with Gasteiger partial charge in [0.05, 0.1) is 0 Å². The van der Waals surface area contributed by atoms with Crippen molar-refractivity contribution in [2.24, 2.45) is 0 Å². The van der Waals surface area contributed by atoms with E-state index in [-0.39, 0.29) is 0 Å². The SMILES string of the molecule is CCC(=O)CCCCCCCCCCCCC(=O)O. The molecule has 0 radical (unpaired) electrons. The Morgan fingerprint density at radius 1 is 0.684 bits per heavy atom. The lowest BCUT2D eigenvalue weighted by atomic mass is 10.0. The van der Waals surface area contributed by atoms with Crippen LogP contribution in [0.3, 0.4) is 0 Å². The Bertz CT molecular complexity index is 236. The predicted molar refractivity (Wildman–Crippen MR) is 78.3 cm³/mol. The first-order valence-corrected chi connectivity index (χ1v) is 7.90. The second kappa shape index (κ2) is 13.6. The van der Waals surface area contributed by atoms with E-state index in [2.05, 4.69) is 0 Å². The number of carboxylic acids is 1. The molecule has 0 aliphatic heterocycles. The van der Waals surface area contributed by atoms with Crippen molar-refractivity contribution in [3.63, 3.8) is 0 Å². The number of aliphatic carboxylic acids is 1. The van der Waals surface area contributed by atoms with Crippen molar-refractivity contribution >= 4 is 11.8 Å². The average molecular weight is 270 g/mol. The van der Waals surface area contributed by atoms with E-state index in [1.807, 2.05) is 6.92 Å². The van der Waals surface area contributed by atoms with Crippen LogP contribution in [-0.2, 0) is 9.59 Å². The monoisotopic (exact) mass is 270 g/mol. The fourth-order valence-electron chi connectivity index (χ4n) is 2.19. The van der Waals surface area contributed by atoms with Crippen molar-refractivity contribution in [3.05, 3.63) is 0 Å². The lowest BCUT2D eigenvalue weighted by Crippen LogP contribution is -1.94. The quantitative estimate of drug-likeness (QED) is 0.464. The molecule has 0 rings (SSSR count). The van der Waals surface area contributed by atoms with E-state index >= 15 is 0 Å². The summed E-state index contributed by atoms with van der Waals surface area (Å²) in [6, 6.07) is 0. The maximum absolute atomic E-state index is 11.1. The van der Waals surface area contributed by atoms with Gasteiger partial charge < -0.3 is 5.11 Å². The number of ketones is 1. The van der Waals surface area contributed by atoms with Crippen LogP contribution in [0.2, 0.25) is 0 Å². The third kappa shape index (κ3) is 15.1. The van der Waals surface area contributed by atoms with Crippen LogP contribution in [-0.4, -0.2) is 16.9 Å². The molecule has 0 fully saturated rings. The van der Waals surface area contributed by atoms with Gasteiger partial charge in [0, 0.05) is 19.3 Å². The maximum atomic E-state index is 11.1. The number of carbonyl (C=O) groups is 2. The molecular formula is C16H30O3. The summed E-state index contributed by atoms with van der Waals surface area (Å²) >= 11 is 0. The summed E-state index contributed by atoms with van der Waals surface area (Å²) in [4.78, 5) is 21.4. The molecule has 0 aliphatic rings. The molecule has 0 amide bonds. The van der Waals surface area contributed by atoms with Crippen molar-refractivity contribution in [1.82, 2.24) is 0 Å². The molecule has 0 saturated heterocycles. The number of unbranched alkanes of at least 4 members (excludes halogenated alkanes) is 9. The molecule has 0 aliphatic carbocycles. The van der Waals surface area contributed by atoms with E-state index in [1.165, 1.54) is 38.5 Å². The molecule has 112 valence electrons. The van der Waals surface area contributed by atoms with Gasteiger partial charge in [-0.05, 0) is 12.8 Å². The number of carboxylic acid groups (broad SMARTS) is 1. The van der Waals surface area contributed by atoms with Crippen LogP contribution in [0.15, 0.2) is 0 Å². The fourth-order valence-corrected chi connectivity index (χ4v) is 2.19. The molecule has 0 aromatic carbocycles. The minimum Gasteiger partial charge on any atom is -0.481 e. The van der Waals surface area contributed by atoms with Crippen LogP contribution in [0, 0.1) is 0 Å². The summed E-state index contributed by atoms with van der Waals surface area (Å²) in [5, 5.41) is 8.49. The van der Waals surface area contributed by atoms with Gasteiger partial charge in [-0.15, -0.1) is 0 Å². The zero-order valence-electron chi connectivity index (χ0n) is 12.5. The third-order valence-corrected chi connectivity index (χ3v) is 3.49. The molecule has 0 bridgehead atoms. The summed E-state index contributed by atoms with van der Waals surface area (Å²) in [5.74, 6) is -0.289. The molecule has 3 nitrogen and oxygen atoms in total. The highest BCUT2D eigenvalue weighted by Gasteiger charge is 1.98. The van der Waals surface area contributed by atoms with Gasteiger partial charge >= 0.3 is 5.97 Å². The third-order valence-electron chi connectivity index (χ3n) is 3.49. The Morgan fingerprint density at radius 2 is 1.05 bits per heavy atom. The van der Waals surface area contributed by atoms with Crippen LogP contribution >= 0.6 is 0 Å². The van der Waals surface area contributed by atoms with Gasteiger partial charge in [0.15, 0.2) is 0 Å². The molecule has 19 heavy (non-hydrogen) atoms. The van der Waals surface area contributed by atoms with Crippen LogP contribution < -0.4 is 0 Å². The number of rotatable bonds is 14. The highest BCUT2D eigenvalue weighted by atomic mass is 16.4. The van der Waals surface area contributed by atoms with Crippen molar-refractivity contribution in [3.8, 4) is 0 Å². The van der Waals surface area contributed by atoms with Gasteiger partial charge in [0.1, 0.15) is 5.78 Å². The minimum atomic E-state index is -0.679. The van der Waals surface area contributed by atoms with Gasteiger partial charge in [-0.25, -0.2) is 0 Å². The van der Waals surface area contributed by atoms with Crippen molar-refractivity contribution in [2.75, 3.05) is 0 Å². The Hall–Kier alpha value is -0.860. The van der Waals surface area contributed by atoms with Gasteiger partial charge in [-0.2, -0.15) is 0 Å². The van der Waals surface area contributed by atoms with E-state index in [4.69, 9.17) is 5.11 Å². The molecule has 1 N–H and O–H groups in total. The summed E-state index contributed by atoms with van der Waals surface area (Å²) in [6.07, 6.45) is 13.3. The van der Waals surface area contributed by atoms with E-state index in [0.717, 1.165) is 32.1 Å². The number of hydrogen-bond donors (Lipinski definition) is 1. The Morgan fingerprint density at radius 3 is 1.42 bits per heavy atom. The first-order chi connectivity index (χ1) is 9.16. The summed E-state index contributed by atoms with van der Waals surface area (Å²) < 4.78 is 0. The first kappa shape index (κ1) is 18.1. The topological polar surface area (TPSA) is 54.4 Å². The second-order valence-electron chi connectivity index (χ2n) is 5.32. The van der Waals surface area contributed by atoms with E-state index in [9.17, 15) is 9.59 Å². The normalized spacial score (nSPS) is 10.6. The van der Waals surface area contributed by atoms with Gasteiger partial charge in [0.2, 0.25) is 0 Å². The van der Waals surface area contributed by atoms with Gasteiger partial charge in [0.25, 0.3) is 0 Å². The molecule has 0 spiro atoms. The number of carbonyl (C=O) groups excluding carboxylic acids is 1. The number of hydrogen-bond acceptors (Lipinski definition) is 2. The lowest BCUT2D eigenvalue weighted by molar-refractivity contribution is -0.137. The molecule has 0 unspecified atom stereocenters. The van der Waals surface area contributed by atoms with Crippen LogP contribution in [0.5, 0.6) is 0 Å².